The number of likely N-dealkylation sites (tertiary alicyclic amines) is 1. The van der Waals surface area contributed by atoms with Crippen LogP contribution in [0.5, 0.6) is 0 Å². The van der Waals surface area contributed by atoms with Crippen LogP contribution in [0.1, 0.15) is 47.1 Å². The lowest BCUT2D eigenvalue weighted by Crippen LogP contribution is -2.41. The monoisotopic (exact) mass is 433 g/mol. The number of nitrogens with zero attached hydrogens (tertiary/aromatic N) is 5. The summed E-state index contributed by atoms with van der Waals surface area (Å²) in [5.74, 6) is 3.44. The largest absolute Gasteiger partial charge is 0.339 e. The van der Waals surface area contributed by atoms with Crippen LogP contribution in [0.15, 0.2) is 53.8 Å². The second kappa shape index (κ2) is 7.49. The minimum absolute atomic E-state index is 0.124. The van der Waals surface area contributed by atoms with E-state index in [0.29, 0.717) is 12.5 Å². The molecule has 158 valence electrons. The van der Waals surface area contributed by atoms with Crippen LogP contribution < -0.4 is 5.32 Å². The van der Waals surface area contributed by atoms with Crippen LogP contribution in [0.2, 0.25) is 0 Å². The number of nitrogens with one attached hydrogen (secondary N) is 2. The molecule has 2 fully saturated rings. The van der Waals surface area contributed by atoms with Crippen molar-refractivity contribution >= 4 is 29.5 Å². The highest BCUT2D eigenvalue weighted by Gasteiger charge is 2.26. The molecule has 0 atom stereocenters. The van der Waals surface area contributed by atoms with Gasteiger partial charge in [-0.25, -0.2) is 4.98 Å². The molecule has 1 aromatic carbocycles. The molecule has 4 heterocycles. The highest BCUT2D eigenvalue weighted by molar-refractivity contribution is 7.97. The first kappa shape index (κ1) is 18.6. The predicted octanol–water partition coefficient (Wildman–Crippen LogP) is 3.72. The lowest BCUT2D eigenvalue weighted by atomic mass is 10.1. The predicted molar refractivity (Wildman–Crippen MR) is 119 cm³/mol. The molecule has 3 aromatic rings. The fraction of sp³-hybridized carbons (Fsp3) is 0.318. The van der Waals surface area contributed by atoms with Crippen molar-refractivity contribution in [1.82, 2.24) is 29.0 Å². The molecule has 0 radical (unpaired) electrons. The van der Waals surface area contributed by atoms with Gasteiger partial charge < -0.3 is 14.5 Å². The Kier molecular flexibility index (Phi) is 4.48. The molecule has 31 heavy (non-hydrogen) atoms. The number of aromatic nitrogens is 4. The van der Waals surface area contributed by atoms with E-state index in [9.17, 15) is 4.79 Å². The maximum Gasteiger partial charge on any atom is 0.253 e. The van der Waals surface area contributed by atoms with Crippen molar-refractivity contribution in [1.29, 1.82) is 0 Å². The average Bonchev–Trinajstić information content (AvgIpc) is 3.28. The van der Waals surface area contributed by atoms with E-state index in [1.54, 1.807) is 11.9 Å². The van der Waals surface area contributed by atoms with E-state index in [-0.39, 0.29) is 5.91 Å². The normalized spacial score (nSPS) is 17.7. The van der Waals surface area contributed by atoms with Crippen molar-refractivity contribution < 1.29 is 4.79 Å². The molecular formula is C22H23N7OS. The smallest absolute Gasteiger partial charge is 0.253 e. The summed E-state index contributed by atoms with van der Waals surface area (Å²) >= 11 is 1.62. The fourth-order valence-electron chi connectivity index (χ4n) is 3.84. The van der Waals surface area contributed by atoms with Gasteiger partial charge in [0.15, 0.2) is 5.82 Å². The molecule has 1 aliphatic carbocycles. The number of carbonyl (C=O) groups is 1. The number of imidazole rings is 1. The highest BCUT2D eigenvalue weighted by atomic mass is 32.2. The van der Waals surface area contributed by atoms with Gasteiger partial charge in [0.25, 0.3) is 5.91 Å². The molecular weight excluding hydrogens is 410 g/mol. The van der Waals surface area contributed by atoms with Crippen LogP contribution >= 0.6 is 11.9 Å². The molecule has 2 aliphatic heterocycles. The van der Waals surface area contributed by atoms with Gasteiger partial charge in [-0.05, 0) is 55.5 Å². The van der Waals surface area contributed by atoms with Gasteiger partial charge in [-0.2, -0.15) is 5.10 Å². The number of H-pyrrole nitrogens is 1. The molecule has 1 saturated carbocycles. The van der Waals surface area contributed by atoms with Crippen molar-refractivity contribution in [2.45, 2.75) is 36.6 Å². The maximum absolute atomic E-state index is 12.4. The number of amides is 1. The summed E-state index contributed by atoms with van der Waals surface area (Å²) in [6.45, 7) is 2.42. The van der Waals surface area contributed by atoms with Crippen LogP contribution in [-0.4, -0.2) is 48.0 Å². The van der Waals surface area contributed by atoms with E-state index >= 15 is 0 Å². The number of aromatic amines is 1. The van der Waals surface area contributed by atoms with Crippen LogP contribution in [0.4, 0.5) is 5.82 Å². The third kappa shape index (κ3) is 3.69. The van der Waals surface area contributed by atoms with E-state index in [0.717, 1.165) is 47.4 Å². The second-order valence-corrected chi connectivity index (χ2v) is 9.30. The van der Waals surface area contributed by atoms with Crippen molar-refractivity contribution in [3.05, 3.63) is 66.0 Å². The Morgan fingerprint density at radius 1 is 1.19 bits per heavy atom. The summed E-state index contributed by atoms with van der Waals surface area (Å²) < 4.78 is 4.20. The molecule has 8 nitrogen and oxygen atoms in total. The number of carbonyl (C=O) groups excluding carboxylic acids is 1. The summed E-state index contributed by atoms with van der Waals surface area (Å²) in [4.78, 5) is 19.8. The van der Waals surface area contributed by atoms with Gasteiger partial charge >= 0.3 is 0 Å². The molecule has 0 bridgehead atoms. The number of hydrogen-bond acceptors (Lipinski definition) is 6. The third-order valence-corrected chi connectivity index (χ3v) is 6.83. The second-order valence-electron chi connectivity index (χ2n) is 8.17. The number of anilines is 1. The van der Waals surface area contributed by atoms with E-state index < -0.39 is 0 Å². The molecule has 0 spiro atoms. The van der Waals surface area contributed by atoms with Gasteiger partial charge in [0.05, 0.1) is 12.7 Å². The number of fused-ring (bicyclic) bond motifs is 1. The summed E-state index contributed by atoms with van der Waals surface area (Å²) in [6, 6.07) is 9.94. The zero-order valence-corrected chi connectivity index (χ0v) is 17.8. The number of hydrogen-bond donors (Lipinski definition) is 2. The molecule has 0 unspecified atom stereocenters. The number of rotatable bonds is 6. The van der Waals surface area contributed by atoms with E-state index in [2.05, 4.69) is 41.6 Å². The lowest BCUT2D eigenvalue weighted by Gasteiger charge is -2.31. The molecule has 6 rings (SSSR count). The van der Waals surface area contributed by atoms with Crippen molar-refractivity contribution in [2.24, 2.45) is 0 Å². The van der Waals surface area contributed by atoms with E-state index in [1.807, 2.05) is 41.6 Å². The zero-order chi connectivity index (χ0) is 20.8. The first-order chi connectivity index (χ1) is 15.2. The Morgan fingerprint density at radius 3 is 2.77 bits per heavy atom. The zero-order valence-electron chi connectivity index (χ0n) is 17.0. The van der Waals surface area contributed by atoms with E-state index in [1.165, 1.54) is 18.5 Å². The highest BCUT2D eigenvalue weighted by Crippen LogP contribution is 2.39. The quantitative estimate of drug-likeness (QED) is 0.577. The Labute approximate surface area is 184 Å². The van der Waals surface area contributed by atoms with Gasteiger partial charge in [-0.15, -0.1) is 0 Å². The Morgan fingerprint density at radius 2 is 2.03 bits per heavy atom. The molecule has 2 N–H and O–H groups in total. The van der Waals surface area contributed by atoms with Gasteiger partial charge in [-0.3, -0.25) is 14.5 Å². The summed E-state index contributed by atoms with van der Waals surface area (Å²) in [7, 11) is 0. The first-order valence-corrected chi connectivity index (χ1v) is 11.4. The molecule has 9 heteroatoms. The van der Waals surface area contributed by atoms with E-state index in [4.69, 9.17) is 0 Å². The van der Waals surface area contributed by atoms with Crippen molar-refractivity contribution in [3.63, 3.8) is 0 Å². The Hall–Kier alpha value is -3.20. The van der Waals surface area contributed by atoms with Crippen LogP contribution in [0.25, 0.3) is 5.82 Å². The standard InChI is InChI=1S/C22H23N7OS/c30-22(27-9-1-10-27)16-4-6-17(7-5-16)31-28-13-20-23-8-11-29(20)21(14-28)24-19-12-18(25-26-19)15-2-3-15/h4-8,11-12,14-15H,1-3,9-10,13H2,(H2,24,25,26). The van der Waals surface area contributed by atoms with Crippen LogP contribution in [0.3, 0.4) is 0 Å². The van der Waals surface area contributed by atoms with Crippen LogP contribution in [0, 0.1) is 0 Å². The molecule has 1 amide bonds. The summed E-state index contributed by atoms with van der Waals surface area (Å²) in [5, 5.41) is 11.0. The third-order valence-electron chi connectivity index (χ3n) is 5.88. The lowest BCUT2D eigenvalue weighted by molar-refractivity contribution is 0.0652. The molecule has 2 aromatic heterocycles. The first-order valence-electron chi connectivity index (χ1n) is 10.6. The topological polar surface area (TPSA) is 82.1 Å². The van der Waals surface area contributed by atoms with Gasteiger partial charge in [0.1, 0.15) is 11.6 Å². The van der Waals surface area contributed by atoms with Crippen LogP contribution in [-0.2, 0) is 6.54 Å². The molecule has 1 saturated heterocycles. The SMILES string of the molecule is O=C(c1ccc(SN2C=C(Nc3cc(C4CC4)[nH]n3)n3ccnc3C2)cc1)N1CCC1. The van der Waals surface area contributed by atoms with Gasteiger partial charge in [0.2, 0.25) is 0 Å². The van der Waals surface area contributed by atoms with Crippen molar-refractivity contribution in [3.8, 4) is 0 Å². The molecule has 3 aliphatic rings. The fourth-order valence-corrected chi connectivity index (χ4v) is 4.70. The van der Waals surface area contributed by atoms with Gasteiger partial charge in [-0.1, -0.05) is 0 Å². The summed E-state index contributed by atoms with van der Waals surface area (Å²) in [5.41, 5.74) is 1.95. The minimum Gasteiger partial charge on any atom is -0.339 e. The average molecular weight is 434 g/mol. The van der Waals surface area contributed by atoms with Crippen molar-refractivity contribution in [2.75, 3.05) is 18.4 Å². The minimum atomic E-state index is 0.124. The Balaban J connectivity index is 1.18. The summed E-state index contributed by atoms with van der Waals surface area (Å²) in [6.07, 6.45) is 9.43. The number of benzene rings is 1. The van der Waals surface area contributed by atoms with Gasteiger partial charge in [0, 0.05) is 53.6 Å². The Bertz CT molecular complexity index is 1140. The maximum atomic E-state index is 12.4.